The van der Waals surface area contributed by atoms with Crippen LogP contribution in [0.2, 0.25) is 0 Å². The molecule has 29 heavy (non-hydrogen) atoms. The molecule has 0 aliphatic rings. The lowest BCUT2D eigenvalue weighted by molar-refractivity contribution is -0.144. The maximum atomic E-state index is 13.2. The number of nitrogens with one attached hydrogen (secondary N) is 1. The summed E-state index contributed by atoms with van der Waals surface area (Å²) >= 11 is 0. The summed E-state index contributed by atoms with van der Waals surface area (Å²) < 4.78 is 4.94. The Morgan fingerprint density at radius 1 is 1.03 bits per heavy atom. The van der Waals surface area contributed by atoms with E-state index in [9.17, 15) is 14.4 Å². The van der Waals surface area contributed by atoms with Gasteiger partial charge in [-0.1, -0.05) is 43.3 Å². The topological polar surface area (TPSA) is 111 Å². The average Bonchev–Trinajstić information content (AvgIpc) is 2.69. The third-order valence-corrected chi connectivity index (χ3v) is 4.77. The number of carbonyl (C=O) groups is 3. The maximum Gasteiger partial charge on any atom is 0.306 e. The standard InChI is InChI=1S/C22H23N3O4/c1-3-29-18(26)12-13(2)20(21(23)27)25-22(28)19-14-8-4-6-10-16(14)24-17-11-7-5-9-15(17)19/h4-11,13,20H,3,12H2,1-2H3,(H2,23,27)(H,25,28)/t13-,20+/m0/s1. The van der Waals surface area contributed by atoms with Gasteiger partial charge in [0.2, 0.25) is 5.91 Å². The number of pyridine rings is 1. The van der Waals surface area contributed by atoms with Gasteiger partial charge >= 0.3 is 5.97 Å². The molecule has 1 aromatic heterocycles. The third kappa shape index (κ3) is 4.34. The van der Waals surface area contributed by atoms with E-state index in [0.29, 0.717) is 27.4 Å². The molecule has 150 valence electrons. The highest BCUT2D eigenvalue weighted by atomic mass is 16.5. The van der Waals surface area contributed by atoms with Gasteiger partial charge in [-0.15, -0.1) is 0 Å². The number of carbonyl (C=O) groups excluding carboxylic acids is 3. The molecule has 0 aliphatic heterocycles. The molecule has 0 aliphatic carbocycles. The number of para-hydroxylation sites is 2. The van der Waals surface area contributed by atoms with E-state index in [1.54, 1.807) is 13.8 Å². The molecule has 2 amide bonds. The molecule has 3 rings (SSSR count). The number of rotatable bonds is 7. The molecule has 0 saturated carbocycles. The molecule has 0 fully saturated rings. The van der Waals surface area contributed by atoms with Crippen molar-refractivity contribution >= 4 is 39.6 Å². The molecular weight excluding hydrogens is 370 g/mol. The van der Waals surface area contributed by atoms with Gasteiger partial charge in [0.1, 0.15) is 6.04 Å². The second-order valence-electron chi connectivity index (χ2n) is 6.86. The molecular formula is C22H23N3O4. The number of nitrogens with zero attached hydrogens (tertiary/aromatic N) is 1. The van der Waals surface area contributed by atoms with E-state index in [1.165, 1.54) is 0 Å². The van der Waals surface area contributed by atoms with Crippen molar-refractivity contribution in [1.82, 2.24) is 10.3 Å². The SMILES string of the molecule is CCOC(=O)C[C@H](C)[C@@H](NC(=O)c1c2ccccc2nc2ccccc12)C(N)=O. The largest absolute Gasteiger partial charge is 0.466 e. The second-order valence-corrected chi connectivity index (χ2v) is 6.86. The molecule has 0 spiro atoms. The molecule has 7 heteroatoms. The van der Waals surface area contributed by atoms with E-state index in [1.807, 2.05) is 48.5 Å². The zero-order valence-corrected chi connectivity index (χ0v) is 16.3. The number of amides is 2. The lowest BCUT2D eigenvalue weighted by Crippen LogP contribution is -2.49. The van der Waals surface area contributed by atoms with Crippen molar-refractivity contribution in [3.63, 3.8) is 0 Å². The number of fused-ring (bicyclic) bond motifs is 2. The van der Waals surface area contributed by atoms with E-state index >= 15 is 0 Å². The van der Waals surface area contributed by atoms with Gasteiger partial charge < -0.3 is 15.8 Å². The average molecular weight is 393 g/mol. The molecule has 7 nitrogen and oxygen atoms in total. The summed E-state index contributed by atoms with van der Waals surface area (Å²) in [5.41, 5.74) is 7.28. The summed E-state index contributed by atoms with van der Waals surface area (Å²) in [4.78, 5) is 41.6. The van der Waals surface area contributed by atoms with Gasteiger partial charge in [-0.05, 0) is 25.0 Å². The van der Waals surface area contributed by atoms with Crippen molar-refractivity contribution in [1.29, 1.82) is 0 Å². The fourth-order valence-corrected chi connectivity index (χ4v) is 3.39. The van der Waals surface area contributed by atoms with Crippen LogP contribution in [0.1, 0.15) is 30.6 Å². The van der Waals surface area contributed by atoms with Crippen LogP contribution in [0.4, 0.5) is 0 Å². The smallest absolute Gasteiger partial charge is 0.306 e. The molecule has 0 radical (unpaired) electrons. The van der Waals surface area contributed by atoms with E-state index in [-0.39, 0.29) is 13.0 Å². The zero-order chi connectivity index (χ0) is 21.0. The number of esters is 1. The van der Waals surface area contributed by atoms with E-state index in [4.69, 9.17) is 10.5 Å². The summed E-state index contributed by atoms with van der Waals surface area (Å²) in [7, 11) is 0. The highest BCUT2D eigenvalue weighted by molar-refractivity contribution is 6.16. The number of aromatic nitrogens is 1. The summed E-state index contributed by atoms with van der Waals surface area (Å²) in [5.74, 6) is -2.12. The van der Waals surface area contributed by atoms with Crippen LogP contribution in [-0.4, -0.2) is 35.4 Å². The predicted molar refractivity (Wildman–Crippen MR) is 110 cm³/mol. The monoisotopic (exact) mass is 393 g/mol. The summed E-state index contributed by atoms with van der Waals surface area (Å²) in [6.07, 6.45) is -0.0282. The Morgan fingerprint density at radius 3 is 2.10 bits per heavy atom. The highest BCUT2D eigenvalue weighted by Gasteiger charge is 2.28. The van der Waals surface area contributed by atoms with Gasteiger partial charge in [-0.25, -0.2) is 4.98 Å². The van der Waals surface area contributed by atoms with Crippen LogP contribution in [-0.2, 0) is 14.3 Å². The molecule has 2 atom stereocenters. The highest BCUT2D eigenvalue weighted by Crippen LogP contribution is 2.26. The molecule has 2 aromatic carbocycles. The molecule has 3 aromatic rings. The Kier molecular flexibility index (Phi) is 6.07. The minimum atomic E-state index is -1.02. The Bertz CT molecular complexity index is 1030. The number of ether oxygens (including phenoxy) is 1. The summed E-state index contributed by atoms with van der Waals surface area (Å²) in [5, 5.41) is 4.06. The maximum absolute atomic E-state index is 13.2. The van der Waals surface area contributed by atoms with Gasteiger partial charge in [0.25, 0.3) is 5.91 Å². The second kappa shape index (κ2) is 8.68. The van der Waals surface area contributed by atoms with Crippen LogP contribution in [0.5, 0.6) is 0 Å². The van der Waals surface area contributed by atoms with E-state index in [0.717, 1.165) is 0 Å². The Hall–Kier alpha value is -3.48. The molecule has 3 N–H and O–H groups in total. The molecule has 0 unspecified atom stereocenters. The number of hydrogen-bond acceptors (Lipinski definition) is 5. The first-order valence-corrected chi connectivity index (χ1v) is 9.45. The summed E-state index contributed by atoms with van der Waals surface area (Å²) in [6.45, 7) is 3.62. The molecule has 0 saturated heterocycles. The predicted octanol–water partition coefficient (Wildman–Crippen LogP) is 2.56. The van der Waals surface area contributed by atoms with E-state index in [2.05, 4.69) is 10.3 Å². The van der Waals surface area contributed by atoms with Gasteiger partial charge in [0.05, 0.1) is 29.6 Å². The number of benzene rings is 2. The fraction of sp³-hybridized carbons (Fsp3) is 0.273. The first-order chi connectivity index (χ1) is 13.9. The third-order valence-electron chi connectivity index (χ3n) is 4.77. The fourth-order valence-electron chi connectivity index (χ4n) is 3.39. The minimum Gasteiger partial charge on any atom is -0.466 e. The van der Waals surface area contributed by atoms with Crippen molar-refractivity contribution in [3.8, 4) is 0 Å². The van der Waals surface area contributed by atoms with Crippen LogP contribution in [0, 0.1) is 5.92 Å². The quantitative estimate of drug-likeness (QED) is 0.473. The van der Waals surface area contributed by atoms with Crippen molar-refractivity contribution in [3.05, 3.63) is 54.1 Å². The summed E-state index contributed by atoms with van der Waals surface area (Å²) in [6, 6.07) is 13.6. The Labute approximate surface area is 168 Å². The van der Waals surface area contributed by atoms with Crippen LogP contribution >= 0.6 is 0 Å². The van der Waals surface area contributed by atoms with Gasteiger partial charge in [0.15, 0.2) is 0 Å². The first kappa shape index (κ1) is 20.3. The number of primary amides is 1. The van der Waals surface area contributed by atoms with Crippen LogP contribution < -0.4 is 11.1 Å². The van der Waals surface area contributed by atoms with Crippen molar-refractivity contribution in [2.45, 2.75) is 26.3 Å². The van der Waals surface area contributed by atoms with Crippen molar-refractivity contribution < 1.29 is 19.1 Å². The Morgan fingerprint density at radius 2 is 1.59 bits per heavy atom. The van der Waals surface area contributed by atoms with Crippen LogP contribution in [0.3, 0.4) is 0 Å². The van der Waals surface area contributed by atoms with Gasteiger partial charge in [0, 0.05) is 10.8 Å². The van der Waals surface area contributed by atoms with Crippen LogP contribution in [0.15, 0.2) is 48.5 Å². The lowest BCUT2D eigenvalue weighted by atomic mass is 9.96. The Balaban J connectivity index is 1.99. The molecule has 0 bridgehead atoms. The number of hydrogen-bond donors (Lipinski definition) is 2. The van der Waals surface area contributed by atoms with Crippen molar-refractivity contribution in [2.24, 2.45) is 11.7 Å². The lowest BCUT2D eigenvalue weighted by Gasteiger charge is -2.22. The van der Waals surface area contributed by atoms with Crippen molar-refractivity contribution in [2.75, 3.05) is 6.61 Å². The first-order valence-electron chi connectivity index (χ1n) is 9.45. The van der Waals surface area contributed by atoms with Gasteiger partial charge in [-0.3, -0.25) is 14.4 Å². The zero-order valence-electron chi connectivity index (χ0n) is 16.3. The number of nitrogens with two attached hydrogens (primary N) is 1. The minimum absolute atomic E-state index is 0.0282. The normalized spacial score (nSPS) is 13.0. The van der Waals surface area contributed by atoms with E-state index < -0.39 is 29.7 Å². The van der Waals surface area contributed by atoms with Gasteiger partial charge in [-0.2, -0.15) is 0 Å². The molecule has 1 heterocycles. The van der Waals surface area contributed by atoms with Crippen LogP contribution in [0.25, 0.3) is 21.8 Å².